The number of cyclic esters (lactones) is 1. The van der Waals surface area contributed by atoms with E-state index in [1.54, 1.807) is 24.3 Å². The minimum Gasteiger partial charge on any atom is -0.508 e. The van der Waals surface area contributed by atoms with Crippen LogP contribution < -0.4 is 10.6 Å². The summed E-state index contributed by atoms with van der Waals surface area (Å²) in [5, 5.41) is 15.4. The number of amides is 1. The molecular formula is C20H22N2O4. The molecule has 0 saturated carbocycles. The Morgan fingerprint density at radius 2 is 1.92 bits per heavy atom. The lowest BCUT2D eigenvalue weighted by atomic mass is 10.0. The molecule has 6 nitrogen and oxygen atoms in total. The standard InChI is InChI=1S/C20H22N2O4/c1-13(15-5-3-2-4-6-15)21-19(24)18-12-26-20(25)17(22-18)11-14-7-9-16(23)10-8-14/h2-10,13,17-18,22-23H,11-12H2,1H3,(H,21,24)/t13-,17-,18+/m0/s1. The van der Waals surface area contributed by atoms with E-state index in [-0.39, 0.29) is 30.3 Å². The molecule has 1 amide bonds. The van der Waals surface area contributed by atoms with E-state index in [0.29, 0.717) is 6.42 Å². The summed E-state index contributed by atoms with van der Waals surface area (Å²) < 4.78 is 5.20. The molecule has 1 saturated heterocycles. The number of phenols is 1. The van der Waals surface area contributed by atoms with Gasteiger partial charge < -0.3 is 15.2 Å². The largest absolute Gasteiger partial charge is 0.508 e. The molecular weight excluding hydrogens is 332 g/mol. The highest BCUT2D eigenvalue weighted by atomic mass is 16.5. The zero-order valence-electron chi connectivity index (χ0n) is 14.5. The molecule has 0 radical (unpaired) electrons. The van der Waals surface area contributed by atoms with Gasteiger partial charge in [0.05, 0.1) is 6.04 Å². The summed E-state index contributed by atoms with van der Waals surface area (Å²) in [6.07, 6.45) is 0.386. The van der Waals surface area contributed by atoms with Crippen LogP contribution in [0.15, 0.2) is 54.6 Å². The molecule has 0 aromatic heterocycles. The number of hydrogen-bond donors (Lipinski definition) is 3. The van der Waals surface area contributed by atoms with Crippen LogP contribution in [0.5, 0.6) is 5.75 Å². The van der Waals surface area contributed by atoms with E-state index in [9.17, 15) is 14.7 Å². The van der Waals surface area contributed by atoms with Crippen LogP contribution in [-0.4, -0.2) is 35.7 Å². The highest BCUT2D eigenvalue weighted by Gasteiger charge is 2.34. The summed E-state index contributed by atoms with van der Waals surface area (Å²) in [5.41, 5.74) is 1.88. The van der Waals surface area contributed by atoms with Crippen molar-refractivity contribution in [2.24, 2.45) is 0 Å². The third-order valence-corrected chi connectivity index (χ3v) is 4.43. The molecule has 0 bridgehead atoms. The van der Waals surface area contributed by atoms with Crippen molar-refractivity contribution in [3.05, 3.63) is 65.7 Å². The Balaban J connectivity index is 1.60. The van der Waals surface area contributed by atoms with Crippen LogP contribution in [0.4, 0.5) is 0 Å². The maximum atomic E-state index is 12.5. The Kier molecular flexibility index (Phi) is 5.53. The van der Waals surface area contributed by atoms with Gasteiger partial charge in [-0.2, -0.15) is 0 Å². The SMILES string of the molecule is C[C@H](NC(=O)[C@H]1COC(=O)[C@H](Cc2ccc(O)cc2)N1)c1ccccc1. The Bertz CT molecular complexity index is 761. The molecule has 0 aliphatic carbocycles. The number of morpholine rings is 1. The predicted molar refractivity (Wildman–Crippen MR) is 96.5 cm³/mol. The first-order chi connectivity index (χ1) is 12.5. The van der Waals surface area contributed by atoms with E-state index in [0.717, 1.165) is 11.1 Å². The Labute approximate surface area is 152 Å². The highest BCUT2D eigenvalue weighted by Crippen LogP contribution is 2.15. The highest BCUT2D eigenvalue weighted by molar-refractivity contribution is 5.86. The second-order valence-electron chi connectivity index (χ2n) is 6.41. The van der Waals surface area contributed by atoms with Crippen LogP contribution in [0.1, 0.15) is 24.1 Å². The average Bonchev–Trinajstić information content (AvgIpc) is 2.66. The van der Waals surface area contributed by atoms with Crippen molar-refractivity contribution in [2.45, 2.75) is 31.5 Å². The van der Waals surface area contributed by atoms with Crippen molar-refractivity contribution >= 4 is 11.9 Å². The molecule has 1 aliphatic heterocycles. The lowest BCUT2D eigenvalue weighted by Crippen LogP contribution is -2.58. The van der Waals surface area contributed by atoms with Gasteiger partial charge in [-0.1, -0.05) is 42.5 Å². The van der Waals surface area contributed by atoms with Crippen molar-refractivity contribution in [2.75, 3.05) is 6.61 Å². The van der Waals surface area contributed by atoms with Gasteiger partial charge >= 0.3 is 5.97 Å². The number of esters is 1. The zero-order valence-corrected chi connectivity index (χ0v) is 14.5. The molecule has 1 aliphatic rings. The fourth-order valence-corrected chi connectivity index (χ4v) is 2.93. The van der Waals surface area contributed by atoms with Crippen molar-refractivity contribution in [1.29, 1.82) is 0 Å². The minimum absolute atomic E-state index is 0.0122. The molecule has 0 unspecified atom stereocenters. The Morgan fingerprint density at radius 3 is 2.62 bits per heavy atom. The second kappa shape index (κ2) is 8.01. The molecule has 3 atom stereocenters. The van der Waals surface area contributed by atoms with Gasteiger partial charge in [-0.15, -0.1) is 0 Å². The van der Waals surface area contributed by atoms with Crippen molar-refractivity contribution in [1.82, 2.24) is 10.6 Å². The Morgan fingerprint density at radius 1 is 1.23 bits per heavy atom. The van der Waals surface area contributed by atoms with Gasteiger partial charge in [0.2, 0.25) is 5.91 Å². The number of carbonyl (C=O) groups is 2. The molecule has 26 heavy (non-hydrogen) atoms. The second-order valence-corrected chi connectivity index (χ2v) is 6.41. The normalized spacial score (nSPS) is 20.9. The maximum Gasteiger partial charge on any atom is 0.323 e. The smallest absolute Gasteiger partial charge is 0.323 e. The van der Waals surface area contributed by atoms with E-state index in [4.69, 9.17) is 4.74 Å². The Hall–Kier alpha value is -2.86. The fraction of sp³-hybridized carbons (Fsp3) is 0.300. The first-order valence-electron chi connectivity index (χ1n) is 8.59. The van der Waals surface area contributed by atoms with Crippen LogP contribution in [0, 0.1) is 0 Å². The summed E-state index contributed by atoms with van der Waals surface area (Å²) in [5.74, 6) is -0.414. The van der Waals surface area contributed by atoms with E-state index in [2.05, 4.69) is 10.6 Å². The van der Waals surface area contributed by atoms with Crippen molar-refractivity contribution in [3.63, 3.8) is 0 Å². The summed E-state index contributed by atoms with van der Waals surface area (Å²) in [7, 11) is 0. The maximum absolute atomic E-state index is 12.5. The lowest BCUT2D eigenvalue weighted by Gasteiger charge is -2.30. The summed E-state index contributed by atoms with van der Waals surface area (Å²) >= 11 is 0. The predicted octanol–water partition coefficient (Wildman–Crippen LogP) is 1.70. The van der Waals surface area contributed by atoms with Gasteiger partial charge in [0.1, 0.15) is 24.4 Å². The van der Waals surface area contributed by atoms with Crippen LogP contribution in [0.2, 0.25) is 0 Å². The minimum atomic E-state index is -0.601. The summed E-state index contributed by atoms with van der Waals surface area (Å²) in [6.45, 7) is 1.92. The third kappa shape index (κ3) is 4.40. The van der Waals surface area contributed by atoms with Crippen LogP contribution in [0.25, 0.3) is 0 Å². The van der Waals surface area contributed by atoms with Crippen LogP contribution >= 0.6 is 0 Å². The molecule has 1 heterocycles. The molecule has 2 aromatic rings. The molecule has 0 spiro atoms. The third-order valence-electron chi connectivity index (χ3n) is 4.43. The molecule has 6 heteroatoms. The van der Waals surface area contributed by atoms with Gasteiger partial charge in [0.25, 0.3) is 0 Å². The van der Waals surface area contributed by atoms with Gasteiger partial charge in [0, 0.05) is 0 Å². The number of benzene rings is 2. The summed E-state index contributed by atoms with van der Waals surface area (Å²) in [4.78, 5) is 24.5. The molecule has 136 valence electrons. The van der Waals surface area contributed by atoms with Gasteiger partial charge in [-0.3, -0.25) is 14.9 Å². The number of hydrogen-bond acceptors (Lipinski definition) is 5. The molecule has 1 fully saturated rings. The number of ether oxygens (including phenoxy) is 1. The van der Waals surface area contributed by atoms with Crippen LogP contribution in [-0.2, 0) is 20.7 Å². The molecule has 3 N–H and O–H groups in total. The first-order valence-corrected chi connectivity index (χ1v) is 8.59. The van der Waals surface area contributed by atoms with Gasteiger partial charge in [0.15, 0.2) is 0 Å². The topological polar surface area (TPSA) is 87.7 Å². The number of carbonyl (C=O) groups excluding carboxylic acids is 2. The van der Waals surface area contributed by atoms with E-state index in [1.165, 1.54) is 0 Å². The number of nitrogens with one attached hydrogen (secondary N) is 2. The van der Waals surface area contributed by atoms with E-state index in [1.807, 2.05) is 37.3 Å². The van der Waals surface area contributed by atoms with Crippen LogP contribution in [0.3, 0.4) is 0 Å². The number of phenolic OH excluding ortho intramolecular Hbond substituents is 1. The average molecular weight is 354 g/mol. The fourth-order valence-electron chi connectivity index (χ4n) is 2.93. The molecule has 2 aromatic carbocycles. The number of rotatable bonds is 5. The number of aromatic hydroxyl groups is 1. The first kappa shape index (κ1) is 17.9. The zero-order chi connectivity index (χ0) is 18.5. The quantitative estimate of drug-likeness (QED) is 0.712. The van der Waals surface area contributed by atoms with Gasteiger partial charge in [-0.05, 0) is 36.6 Å². The van der Waals surface area contributed by atoms with Gasteiger partial charge in [-0.25, -0.2) is 0 Å². The lowest BCUT2D eigenvalue weighted by molar-refractivity contribution is -0.153. The van der Waals surface area contributed by atoms with E-state index >= 15 is 0 Å². The summed E-state index contributed by atoms with van der Waals surface area (Å²) in [6, 6.07) is 14.9. The van der Waals surface area contributed by atoms with Crippen molar-refractivity contribution in [3.8, 4) is 5.75 Å². The van der Waals surface area contributed by atoms with E-state index < -0.39 is 12.1 Å². The molecule has 3 rings (SSSR count). The monoisotopic (exact) mass is 354 g/mol. The van der Waals surface area contributed by atoms with Crippen molar-refractivity contribution < 1.29 is 19.4 Å².